The molecule has 0 saturated carbocycles. The Morgan fingerprint density at radius 2 is 2.08 bits per heavy atom. The summed E-state index contributed by atoms with van der Waals surface area (Å²) >= 11 is 1.38. The van der Waals surface area contributed by atoms with Gasteiger partial charge in [-0.25, -0.2) is 10.6 Å². The number of hydrazine groups is 1. The fraction of sp³-hybridized carbons (Fsp3) is 0.312. The molecular weight excluding hydrogens is 346 g/mol. The van der Waals surface area contributed by atoms with Crippen LogP contribution in [0.4, 0.5) is 0 Å². The Kier molecular flexibility index (Phi) is 4.69. The maximum atomic E-state index is 12.4. The summed E-state index contributed by atoms with van der Waals surface area (Å²) in [6, 6.07) is 7.88. The molecule has 2 atom stereocenters. The zero-order chi connectivity index (χ0) is 18.1. The molecule has 8 nitrogen and oxygen atoms in total. The lowest BCUT2D eigenvalue weighted by atomic mass is 10.0. The number of hydrogen-bond donors (Lipinski definition) is 2. The molecule has 132 valence electrons. The molecule has 1 unspecified atom stereocenters. The first-order valence-electron chi connectivity index (χ1n) is 7.54. The van der Waals surface area contributed by atoms with E-state index < -0.39 is 29.2 Å². The van der Waals surface area contributed by atoms with Crippen molar-refractivity contribution in [1.82, 2.24) is 9.91 Å². The summed E-state index contributed by atoms with van der Waals surface area (Å²) < 4.78 is 5.35. The summed E-state index contributed by atoms with van der Waals surface area (Å²) in [4.78, 5) is 37.2. The predicted molar refractivity (Wildman–Crippen MR) is 90.2 cm³/mol. The predicted octanol–water partition coefficient (Wildman–Crippen LogP) is 0.410. The van der Waals surface area contributed by atoms with Crippen LogP contribution in [0, 0.1) is 0 Å². The number of β-lactam (4-membered cyclic amide) rings is 1. The number of hydrogen-bond acceptors (Lipinski definition) is 6. The molecule has 1 fully saturated rings. The Labute approximate surface area is 148 Å². The van der Waals surface area contributed by atoms with E-state index >= 15 is 0 Å². The van der Waals surface area contributed by atoms with Gasteiger partial charge in [0.1, 0.15) is 16.8 Å². The molecule has 2 aliphatic rings. The lowest BCUT2D eigenvalue weighted by Gasteiger charge is -2.51. The molecule has 2 amide bonds. The van der Waals surface area contributed by atoms with E-state index in [2.05, 4.69) is 0 Å². The molecule has 1 aromatic rings. The number of rotatable bonds is 5. The lowest BCUT2D eigenvalue weighted by Crippen LogP contribution is -2.73. The number of nitrogens with two attached hydrogens (primary N) is 1. The van der Waals surface area contributed by atoms with Crippen LogP contribution >= 0.6 is 11.8 Å². The molecule has 25 heavy (non-hydrogen) atoms. The molecular formula is C16H17N3O5S. The molecule has 2 heterocycles. The molecule has 9 heteroatoms. The molecule has 3 rings (SSSR count). The van der Waals surface area contributed by atoms with Crippen molar-refractivity contribution in [3.05, 3.63) is 41.6 Å². The number of benzene rings is 1. The number of carbonyl (C=O) groups excluding carboxylic acids is 2. The van der Waals surface area contributed by atoms with Crippen molar-refractivity contribution in [2.75, 3.05) is 12.4 Å². The second-order valence-corrected chi connectivity index (χ2v) is 6.80. The fourth-order valence-corrected chi connectivity index (χ4v) is 4.12. The van der Waals surface area contributed by atoms with Gasteiger partial charge in [-0.15, -0.1) is 11.8 Å². The van der Waals surface area contributed by atoms with Gasteiger partial charge in [-0.1, -0.05) is 18.2 Å². The first-order chi connectivity index (χ1) is 11.9. The van der Waals surface area contributed by atoms with E-state index in [0.29, 0.717) is 17.1 Å². The second kappa shape index (κ2) is 6.77. The first kappa shape index (κ1) is 17.3. The maximum Gasteiger partial charge on any atom is 0.352 e. The van der Waals surface area contributed by atoms with E-state index in [0.717, 1.165) is 5.01 Å². The Balaban J connectivity index is 1.66. The minimum Gasteiger partial charge on any atom is -0.484 e. The summed E-state index contributed by atoms with van der Waals surface area (Å²) in [6.45, 7) is 1.37. The van der Waals surface area contributed by atoms with E-state index in [9.17, 15) is 19.5 Å². The molecule has 0 aromatic heterocycles. The number of nitrogens with zero attached hydrogens (tertiary/aromatic N) is 2. The number of amides is 2. The third-order valence-electron chi connectivity index (χ3n) is 4.03. The smallest absolute Gasteiger partial charge is 0.352 e. The van der Waals surface area contributed by atoms with E-state index in [1.165, 1.54) is 16.7 Å². The number of carbonyl (C=O) groups is 3. The largest absolute Gasteiger partial charge is 0.484 e. The molecule has 0 spiro atoms. The Morgan fingerprint density at radius 3 is 2.72 bits per heavy atom. The van der Waals surface area contributed by atoms with Gasteiger partial charge in [0.25, 0.3) is 11.8 Å². The van der Waals surface area contributed by atoms with Crippen LogP contribution in [0.15, 0.2) is 41.6 Å². The van der Waals surface area contributed by atoms with Crippen molar-refractivity contribution in [2.45, 2.75) is 18.3 Å². The number of ether oxygens (including phenoxy) is 1. The average Bonchev–Trinajstić information content (AvgIpc) is 2.60. The average molecular weight is 363 g/mol. The van der Waals surface area contributed by atoms with Crippen LogP contribution < -0.4 is 10.6 Å². The number of para-hydroxylation sites is 1. The van der Waals surface area contributed by atoms with Crippen LogP contribution in [0.3, 0.4) is 0 Å². The SMILES string of the molecule is CC1=C(C(=O)O)N2C(=O)C(N(N)C(=O)COc3ccccc3)[C@@H]2SC1. The highest BCUT2D eigenvalue weighted by molar-refractivity contribution is 8.00. The zero-order valence-corrected chi connectivity index (χ0v) is 14.2. The third-order valence-corrected chi connectivity index (χ3v) is 5.44. The molecule has 1 saturated heterocycles. The van der Waals surface area contributed by atoms with Crippen molar-refractivity contribution in [3.8, 4) is 5.75 Å². The normalized spacial score (nSPS) is 22.2. The summed E-state index contributed by atoms with van der Waals surface area (Å²) in [5.41, 5.74) is 0.592. The first-order valence-corrected chi connectivity index (χ1v) is 8.59. The van der Waals surface area contributed by atoms with Crippen molar-refractivity contribution < 1.29 is 24.2 Å². The van der Waals surface area contributed by atoms with Gasteiger partial charge in [-0.05, 0) is 24.6 Å². The third kappa shape index (κ3) is 3.08. The minimum atomic E-state index is -1.16. The molecule has 1 aromatic carbocycles. The molecule has 0 bridgehead atoms. The summed E-state index contributed by atoms with van der Waals surface area (Å²) in [5.74, 6) is 4.60. The zero-order valence-electron chi connectivity index (χ0n) is 13.4. The highest BCUT2D eigenvalue weighted by Gasteiger charge is 2.56. The number of thioether (sulfide) groups is 1. The number of carboxylic acids is 1. The number of aliphatic carboxylic acids is 1. The van der Waals surface area contributed by atoms with Gasteiger partial charge in [0.05, 0.1) is 0 Å². The van der Waals surface area contributed by atoms with Gasteiger partial charge in [0.2, 0.25) is 0 Å². The second-order valence-electron chi connectivity index (χ2n) is 5.69. The van der Waals surface area contributed by atoms with E-state index in [1.807, 2.05) is 6.07 Å². The molecule has 2 aliphatic heterocycles. The van der Waals surface area contributed by atoms with Gasteiger partial charge in [0.15, 0.2) is 12.6 Å². The van der Waals surface area contributed by atoms with Crippen LogP contribution in [0.1, 0.15) is 6.92 Å². The highest BCUT2D eigenvalue weighted by atomic mass is 32.2. The van der Waals surface area contributed by atoms with Crippen LogP contribution in [-0.4, -0.2) is 56.6 Å². The number of fused-ring (bicyclic) bond motifs is 1. The molecule has 0 radical (unpaired) electrons. The van der Waals surface area contributed by atoms with Gasteiger partial charge >= 0.3 is 5.97 Å². The Morgan fingerprint density at radius 1 is 1.40 bits per heavy atom. The monoisotopic (exact) mass is 363 g/mol. The summed E-state index contributed by atoms with van der Waals surface area (Å²) in [6.07, 6.45) is 0. The number of carboxylic acid groups (broad SMARTS) is 1. The van der Waals surface area contributed by atoms with Crippen molar-refractivity contribution in [2.24, 2.45) is 5.84 Å². The van der Waals surface area contributed by atoms with Gasteiger partial charge in [0, 0.05) is 5.75 Å². The van der Waals surface area contributed by atoms with E-state index in [-0.39, 0.29) is 12.3 Å². The summed E-state index contributed by atoms with van der Waals surface area (Å²) in [7, 11) is 0. The van der Waals surface area contributed by atoms with Crippen LogP contribution in [0.25, 0.3) is 0 Å². The van der Waals surface area contributed by atoms with Gasteiger partial charge < -0.3 is 9.84 Å². The van der Waals surface area contributed by atoms with Crippen LogP contribution in [0.2, 0.25) is 0 Å². The fourth-order valence-electron chi connectivity index (χ4n) is 2.77. The highest BCUT2D eigenvalue weighted by Crippen LogP contribution is 2.41. The van der Waals surface area contributed by atoms with Crippen molar-refractivity contribution in [3.63, 3.8) is 0 Å². The lowest BCUT2D eigenvalue weighted by molar-refractivity contribution is -0.160. The van der Waals surface area contributed by atoms with E-state index in [1.54, 1.807) is 31.2 Å². The molecule has 3 N–H and O–H groups in total. The van der Waals surface area contributed by atoms with Gasteiger partial charge in [-0.2, -0.15) is 0 Å². The van der Waals surface area contributed by atoms with Crippen molar-refractivity contribution in [1.29, 1.82) is 0 Å². The van der Waals surface area contributed by atoms with E-state index in [4.69, 9.17) is 10.6 Å². The van der Waals surface area contributed by atoms with Crippen LogP contribution in [0.5, 0.6) is 5.75 Å². The Bertz CT molecular complexity index is 751. The Hall–Kier alpha value is -2.52. The van der Waals surface area contributed by atoms with Gasteiger partial charge in [-0.3, -0.25) is 19.5 Å². The standard InChI is InChI=1S/C16H17N3O5S/c1-9-8-25-15-13(14(21)18(15)12(9)16(22)23)19(17)11(20)7-24-10-5-3-2-4-6-10/h2-6,13,15H,7-8,17H2,1H3,(H,22,23)/t13?,15-/m0/s1. The maximum absolute atomic E-state index is 12.4. The summed E-state index contributed by atoms with van der Waals surface area (Å²) in [5, 5.41) is 9.65. The molecule has 0 aliphatic carbocycles. The quantitative estimate of drug-likeness (QED) is 0.337. The van der Waals surface area contributed by atoms with Crippen molar-refractivity contribution >= 4 is 29.5 Å². The van der Waals surface area contributed by atoms with Crippen LogP contribution in [-0.2, 0) is 14.4 Å². The minimum absolute atomic E-state index is 0.0219. The topological polar surface area (TPSA) is 113 Å².